The molecular weight excluding hydrogens is 230 g/mol. The molecule has 3 rings (SSSR count). The Bertz CT molecular complexity index is 532. The number of nitrogens with zero attached hydrogens (tertiary/aromatic N) is 1. The molecule has 0 aliphatic heterocycles. The van der Waals surface area contributed by atoms with E-state index in [1.165, 1.54) is 36.3 Å². The lowest BCUT2D eigenvalue weighted by atomic mass is 10.1. The molecule has 1 nitrogen and oxygen atoms in total. The first kappa shape index (κ1) is 12.5. The third-order valence-corrected chi connectivity index (χ3v) is 4.06. The summed E-state index contributed by atoms with van der Waals surface area (Å²) in [5.41, 5.74) is 4.38. The van der Waals surface area contributed by atoms with Crippen molar-refractivity contribution in [1.29, 1.82) is 0 Å². The van der Waals surface area contributed by atoms with Gasteiger partial charge < -0.3 is 4.57 Å². The highest BCUT2D eigenvalue weighted by Gasteiger charge is 2.24. The van der Waals surface area contributed by atoms with Crippen LogP contribution in [0.4, 0.5) is 0 Å². The van der Waals surface area contributed by atoms with Crippen molar-refractivity contribution in [3.8, 4) is 0 Å². The predicted octanol–water partition coefficient (Wildman–Crippen LogP) is 4.61. The first-order valence-electron chi connectivity index (χ1n) is 7.46. The van der Waals surface area contributed by atoms with Gasteiger partial charge in [-0.2, -0.15) is 0 Å². The van der Waals surface area contributed by atoms with Gasteiger partial charge in [0, 0.05) is 24.4 Å². The number of rotatable bonds is 5. The van der Waals surface area contributed by atoms with E-state index >= 15 is 0 Å². The molecule has 0 atom stereocenters. The van der Waals surface area contributed by atoms with E-state index in [1.54, 1.807) is 0 Å². The van der Waals surface area contributed by atoms with E-state index in [2.05, 4.69) is 60.9 Å². The summed E-state index contributed by atoms with van der Waals surface area (Å²) in [5.74, 6) is 1.54. The van der Waals surface area contributed by atoms with E-state index in [-0.39, 0.29) is 0 Å². The molecule has 1 aliphatic rings. The molecule has 0 spiro atoms. The molecule has 0 bridgehead atoms. The fraction of sp³-hybridized carbons (Fsp3) is 0.444. The maximum atomic E-state index is 2.58. The maximum Gasteiger partial charge on any atom is 0.0253 e. The van der Waals surface area contributed by atoms with E-state index in [0.29, 0.717) is 5.92 Å². The van der Waals surface area contributed by atoms with Crippen LogP contribution in [0.5, 0.6) is 0 Å². The van der Waals surface area contributed by atoms with Crippen molar-refractivity contribution in [2.75, 3.05) is 0 Å². The van der Waals surface area contributed by atoms with Gasteiger partial charge in [-0.1, -0.05) is 44.2 Å². The molecule has 1 aromatic heterocycles. The van der Waals surface area contributed by atoms with E-state index in [4.69, 9.17) is 0 Å². The van der Waals surface area contributed by atoms with Crippen LogP contribution in [0.1, 0.15) is 49.6 Å². The van der Waals surface area contributed by atoms with Crippen LogP contribution >= 0.6 is 0 Å². The molecule has 1 fully saturated rings. The van der Waals surface area contributed by atoms with E-state index in [1.807, 2.05) is 0 Å². The molecular formula is C18H23N. The molecule has 0 unspecified atom stereocenters. The second-order valence-electron chi connectivity index (χ2n) is 6.12. The van der Waals surface area contributed by atoms with Gasteiger partial charge in [-0.3, -0.25) is 0 Å². The van der Waals surface area contributed by atoms with Crippen molar-refractivity contribution in [1.82, 2.24) is 4.57 Å². The Kier molecular flexibility index (Phi) is 3.46. The van der Waals surface area contributed by atoms with Crippen LogP contribution < -0.4 is 0 Å². The molecule has 1 aliphatic carbocycles. The predicted molar refractivity (Wildman–Crippen MR) is 80.5 cm³/mol. The van der Waals surface area contributed by atoms with E-state index in [9.17, 15) is 0 Å². The van der Waals surface area contributed by atoms with Gasteiger partial charge >= 0.3 is 0 Å². The molecule has 1 heterocycles. The maximum absolute atomic E-state index is 2.58. The molecule has 0 amide bonds. The monoisotopic (exact) mass is 253 g/mol. The number of aromatic nitrogens is 1. The van der Waals surface area contributed by atoms with Crippen LogP contribution in [0.2, 0.25) is 0 Å². The summed E-state index contributed by atoms with van der Waals surface area (Å²) >= 11 is 0. The molecule has 19 heavy (non-hydrogen) atoms. The Balaban J connectivity index is 1.87. The zero-order valence-corrected chi connectivity index (χ0v) is 12.0. The van der Waals surface area contributed by atoms with Crippen LogP contribution in [-0.2, 0) is 13.0 Å². The van der Waals surface area contributed by atoms with Crippen LogP contribution in [0.25, 0.3) is 0 Å². The lowest BCUT2D eigenvalue weighted by molar-refractivity contribution is 0.569. The summed E-state index contributed by atoms with van der Waals surface area (Å²) in [6.45, 7) is 5.82. The summed E-state index contributed by atoms with van der Waals surface area (Å²) in [7, 11) is 0. The molecule has 0 radical (unpaired) electrons. The van der Waals surface area contributed by atoms with Gasteiger partial charge in [0.2, 0.25) is 0 Å². The van der Waals surface area contributed by atoms with Gasteiger partial charge in [0.15, 0.2) is 0 Å². The Labute approximate surface area is 116 Å². The number of benzene rings is 1. The van der Waals surface area contributed by atoms with Crippen molar-refractivity contribution in [3.05, 3.63) is 59.4 Å². The molecule has 1 aromatic carbocycles. The second-order valence-corrected chi connectivity index (χ2v) is 6.12. The van der Waals surface area contributed by atoms with Gasteiger partial charge in [0.25, 0.3) is 0 Å². The van der Waals surface area contributed by atoms with Crippen LogP contribution in [-0.4, -0.2) is 4.57 Å². The highest BCUT2D eigenvalue weighted by atomic mass is 15.0. The Morgan fingerprint density at radius 2 is 1.79 bits per heavy atom. The second kappa shape index (κ2) is 5.24. The molecule has 2 aromatic rings. The highest BCUT2D eigenvalue weighted by molar-refractivity contribution is 5.26. The zero-order valence-electron chi connectivity index (χ0n) is 12.0. The van der Waals surface area contributed by atoms with Crippen molar-refractivity contribution in [2.24, 2.45) is 5.92 Å². The third-order valence-electron chi connectivity index (χ3n) is 4.06. The van der Waals surface area contributed by atoms with E-state index in [0.717, 1.165) is 12.3 Å². The fourth-order valence-electron chi connectivity index (χ4n) is 2.77. The fourth-order valence-corrected chi connectivity index (χ4v) is 2.77. The lowest BCUT2D eigenvalue weighted by Crippen LogP contribution is -2.10. The summed E-state index contributed by atoms with van der Waals surface area (Å²) in [6.07, 6.45) is 3.89. The van der Waals surface area contributed by atoms with Gasteiger partial charge in [-0.15, -0.1) is 0 Å². The minimum absolute atomic E-state index is 0.614. The van der Waals surface area contributed by atoms with Crippen molar-refractivity contribution >= 4 is 0 Å². The van der Waals surface area contributed by atoms with E-state index < -0.39 is 0 Å². The largest absolute Gasteiger partial charge is 0.348 e. The van der Waals surface area contributed by atoms with Gasteiger partial charge in [-0.25, -0.2) is 0 Å². The normalized spacial score (nSPS) is 15.1. The molecule has 1 saturated carbocycles. The molecule has 0 saturated heterocycles. The average molecular weight is 253 g/mol. The highest BCUT2D eigenvalue weighted by Crippen LogP contribution is 2.33. The Morgan fingerprint density at radius 3 is 2.42 bits per heavy atom. The van der Waals surface area contributed by atoms with Gasteiger partial charge in [-0.05, 0) is 42.4 Å². The first-order chi connectivity index (χ1) is 9.24. The average Bonchev–Trinajstić information content (AvgIpc) is 3.13. The minimum Gasteiger partial charge on any atom is -0.348 e. The lowest BCUT2D eigenvalue weighted by Gasteiger charge is -2.15. The summed E-state index contributed by atoms with van der Waals surface area (Å²) in [4.78, 5) is 0. The topological polar surface area (TPSA) is 4.93 Å². The zero-order chi connectivity index (χ0) is 13.2. The van der Waals surface area contributed by atoms with Gasteiger partial charge in [0.05, 0.1) is 0 Å². The Morgan fingerprint density at radius 1 is 1.05 bits per heavy atom. The van der Waals surface area contributed by atoms with Crippen LogP contribution in [0, 0.1) is 5.92 Å². The third kappa shape index (κ3) is 2.91. The molecule has 1 heteroatoms. The minimum atomic E-state index is 0.614. The number of hydrogen-bond donors (Lipinski definition) is 0. The van der Waals surface area contributed by atoms with Crippen molar-refractivity contribution < 1.29 is 0 Å². The Hall–Kier alpha value is -1.50. The number of hydrogen-bond acceptors (Lipinski definition) is 0. The summed E-state index contributed by atoms with van der Waals surface area (Å²) < 4.78 is 2.58. The molecule has 0 N–H and O–H groups in total. The smallest absolute Gasteiger partial charge is 0.0253 e. The van der Waals surface area contributed by atoms with Crippen molar-refractivity contribution in [3.63, 3.8) is 0 Å². The SMILES string of the molecule is CC(C)c1ccc(Cc2ccccc2)n1CC1CC1. The first-order valence-corrected chi connectivity index (χ1v) is 7.46. The summed E-state index contributed by atoms with van der Waals surface area (Å²) in [6, 6.07) is 15.5. The van der Waals surface area contributed by atoms with Crippen molar-refractivity contribution in [2.45, 2.75) is 45.6 Å². The standard InChI is InChI=1S/C18H23N/c1-14(2)18-11-10-17(19(18)13-16-8-9-16)12-15-6-4-3-5-7-15/h3-7,10-11,14,16H,8-9,12-13H2,1-2H3. The quantitative estimate of drug-likeness (QED) is 0.733. The van der Waals surface area contributed by atoms with Gasteiger partial charge in [0.1, 0.15) is 0 Å². The molecule has 100 valence electrons. The summed E-state index contributed by atoms with van der Waals surface area (Å²) in [5, 5.41) is 0. The van der Waals surface area contributed by atoms with Crippen LogP contribution in [0.3, 0.4) is 0 Å². The van der Waals surface area contributed by atoms with Crippen LogP contribution in [0.15, 0.2) is 42.5 Å².